The van der Waals surface area contributed by atoms with Gasteiger partial charge in [-0.15, -0.1) is 0 Å². The summed E-state index contributed by atoms with van der Waals surface area (Å²) in [5.41, 5.74) is 16.0. The van der Waals surface area contributed by atoms with Crippen LogP contribution in [0.4, 0.5) is 11.6 Å². The van der Waals surface area contributed by atoms with Crippen molar-refractivity contribution in [1.82, 2.24) is 34.1 Å². The zero-order chi connectivity index (χ0) is 47.7. The standard InChI is InChI=1S/C24H34N6O2.C24H36N4O2.C5H12/c1-28-11-3-4-21(28)23(27-32-2)19-8-14-30(15-9-19)24(31)20-6-12-29(13-7-20)17-18-5-10-26-22(25)16-18;25-22-16-18(6-11-26-22)17-27-12-7-21(8-13-27)24(30)28-14-9-20(10-15-28)23(29)19-4-2-1-3-5-19;1-4-5(2)3/h3-5,10-11,16,19-20H,6-9,12-15,17H2,1-2H3,(H2,25,26);6,11,16,19-21H,1-5,7-10,12-15,17H2,(H2,25,26);5H,4H2,1-3H3. The lowest BCUT2D eigenvalue weighted by molar-refractivity contribution is -0.141. The van der Waals surface area contributed by atoms with E-state index in [9.17, 15) is 14.4 Å². The van der Waals surface area contributed by atoms with Crippen molar-refractivity contribution in [3.05, 3.63) is 71.8 Å². The minimum atomic E-state index is 0.130. The molecular formula is C53H82N10O4. The van der Waals surface area contributed by atoms with E-state index in [0.717, 1.165) is 147 Å². The summed E-state index contributed by atoms with van der Waals surface area (Å²) < 4.78 is 2.07. The second-order valence-electron chi connectivity index (χ2n) is 20.2. The van der Waals surface area contributed by atoms with E-state index in [2.05, 4.69) is 61.2 Å². The summed E-state index contributed by atoms with van der Waals surface area (Å²) in [6, 6.07) is 12.0. The molecule has 8 rings (SSSR count). The summed E-state index contributed by atoms with van der Waals surface area (Å²) in [6.45, 7) is 15.2. The number of hydrogen-bond acceptors (Lipinski definition) is 11. The molecule has 368 valence electrons. The molecule has 1 saturated carbocycles. The molecule has 0 aromatic carbocycles. The SMILES string of the molecule is CCC(C)C.CON=C(c1cccn1C)C1CCN(C(=O)C2CCN(Cc3ccnc(N)c3)CC2)CC1.Nc1cc(CN2CCC(C(=O)N3CCC(C(=O)C4CCCCC4)CC3)CC2)ccn1. The van der Waals surface area contributed by atoms with Crippen molar-refractivity contribution in [3.63, 3.8) is 0 Å². The van der Waals surface area contributed by atoms with Crippen LogP contribution in [0.2, 0.25) is 0 Å². The van der Waals surface area contributed by atoms with Gasteiger partial charge < -0.3 is 30.7 Å². The minimum absolute atomic E-state index is 0.130. The number of oxime groups is 1. The van der Waals surface area contributed by atoms with Gasteiger partial charge in [-0.2, -0.15) is 0 Å². The number of nitrogens with two attached hydrogens (primary N) is 2. The highest BCUT2D eigenvalue weighted by molar-refractivity contribution is 6.01. The van der Waals surface area contributed by atoms with E-state index in [1.807, 2.05) is 48.5 Å². The van der Waals surface area contributed by atoms with Crippen LogP contribution in [0.1, 0.15) is 127 Å². The summed E-state index contributed by atoms with van der Waals surface area (Å²) in [7, 11) is 3.62. The average Bonchev–Trinajstić information content (AvgIpc) is 3.78. The van der Waals surface area contributed by atoms with Crippen molar-refractivity contribution in [1.29, 1.82) is 0 Å². The molecule has 0 bridgehead atoms. The highest BCUT2D eigenvalue weighted by atomic mass is 16.6. The van der Waals surface area contributed by atoms with Gasteiger partial charge >= 0.3 is 0 Å². The first-order chi connectivity index (χ1) is 32.4. The van der Waals surface area contributed by atoms with Crippen LogP contribution in [0.15, 0.2) is 60.1 Å². The first-order valence-corrected chi connectivity index (χ1v) is 25.6. The summed E-state index contributed by atoms with van der Waals surface area (Å²) >= 11 is 0. The van der Waals surface area contributed by atoms with Crippen molar-refractivity contribution in [3.8, 4) is 0 Å². The zero-order valence-electron chi connectivity index (χ0n) is 41.5. The maximum absolute atomic E-state index is 13.2. The zero-order valence-corrected chi connectivity index (χ0v) is 41.5. The van der Waals surface area contributed by atoms with E-state index in [4.69, 9.17) is 16.3 Å². The number of aryl methyl sites for hydroxylation is 1. The van der Waals surface area contributed by atoms with E-state index in [1.54, 1.807) is 19.5 Å². The number of anilines is 2. The van der Waals surface area contributed by atoms with Crippen molar-refractivity contribution in [2.75, 3.05) is 70.9 Å². The molecule has 5 fully saturated rings. The lowest BCUT2D eigenvalue weighted by Gasteiger charge is -2.37. The molecule has 14 heteroatoms. The third-order valence-electron chi connectivity index (χ3n) is 15.0. The Bertz CT molecular complexity index is 2020. The van der Waals surface area contributed by atoms with Gasteiger partial charge in [0.1, 0.15) is 30.2 Å². The van der Waals surface area contributed by atoms with E-state index >= 15 is 0 Å². The fourth-order valence-corrected chi connectivity index (χ4v) is 10.5. The van der Waals surface area contributed by atoms with Crippen LogP contribution < -0.4 is 11.5 Å². The van der Waals surface area contributed by atoms with Crippen molar-refractivity contribution in [2.24, 2.45) is 47.7 Å². The number of Topliss-reactive ketones (excluding diaryl/α,β-unsaturated/α-hetero) is 1. The summed E-state index contributed by atoms with van der Waals surface area (Å²) in [6.07, 6.45) is 19.9. The predicted molar refractivity (Wildman–Crippen MR) is 268 cm³/mol. The predicted octanol–water partition coefficient (Wildman–Crippen LogP) is 7.82. The maximum atomic E-state index is 13.2. The monoisotopic (exact) mass is 923 g/mol. The molecule has 14 nitrogen and oxygen atoms in total. The molecule has 1 aliphatic carbocycles. The summed E-state index contributed by atoms with van der Waals surface area (Å²) in [5, 5.41) is 4.33. The van der Waals surface area contributed by atoms with Crippen LogP contribution in [0, 0.1) is 35.5 Å². The Hall–Kier alpha value is -4.82. The largest absolute Gasteiger partial charge is 0.399 e. The molecule has 5 aliphatic rings. The van der Waals surface area contributed by atoms with Gasteiger partial charge in [-0.25, -0.2) is 9.97 Å². The Morgan fingerprint density at radius 3 is 1.49 bits per heavy atom. The first-order valence-electron chi connectivity index (χ1n) is 25.6. The molecule has 0 unspecified atom stereocenters. The van der Waals surface area contributed by atoms with Gasteiger partial charge in [0, 0.05) is 94.5 Å². The van der Waals surface area contributed by atoms with E-state index in [0.29, 0.717) is 41.1 Å². The lowest BCUT2D eigenvalue weighted by atomic mass is 9.78. The summed E-state index contributed by atoms with van der Waals surface area (Å²) in [4.78, 5) is 61.2. The third-order valence-corrected chi connectivity index (χ3v) is 15.0. The molecular weight excluding hydrogens is 841 g/mol. The Labute approximate surface area is 401 Å². The second-order valence-corrected chi connectivity index (χ2v) is 20.2. The highest BCUT2D eigenvalue weighted by Gasteiger charge is 2.36. The van der Waals surface area contributed by atoms with Crippen LogP contribution in [-0.2, 0) is 39.4 Å². The van der Waals surface area contributed by atoms with Crippen LogP contribution in [0.25, 0.3) is 0 Å². The van der Waals surface area contributed by atoms with E-state index in [1.165, 1.54) is 36.8 Å². The molecule has 67 heavy (non-hydrogen) atoms. The molecule has 7 heterocycles. The lowest BCUT2D eigenvalue weighted by Crippen LogP contribution is -2.46. The number of piperidine rings is 4. The number of aromatic nitrogens is 3. The number of amides is 2. The highest BCUT2D eigenvalue weighted by Crippen LogP contribution is 2.32. The Morgan fingerprint density at radius 2 is 1.09 bits per heavy atom. The van der Waals surface area contributed by atoms with Gasteiger partial charge in [0.25, 0.3) is 0 Å². The number of nitrogens with zero attached hydrogens (tertiary/aromatic N) is 8. The number of hydrogen-bond donors (Lipinski definition) is 2. The van der Waals surface area contributed by atoms with Crippen LogP contribution in [-0.4, -0.2) is 117 Å². The minimum Gasteiger partial charge on any atom is -0.399 e. The van der Waals surface area contributed by atoms with Crippen LogP contribution in [0.3, 0.4) is 0 Å². The number of likely N-dealkylation sites (tertiary alicyclic amines) is 4. The fourth-order valence-electron chi connectivity index (χ4n) is 10.5. The Kier molecular flexibility index (Phi) is 20.1. The molecule has 2 amide bonds. The molecule has 3 aromatic rings. The quantitative estimate of drug-likeness (QED) is 0.135. The van der Waals surface area contributed by atoms with E-state index < -0.39 is 0 Å². The van der Waals surface area contributed by atoms with E-state index in [-0.39, 0.29) is 17.8 Å². The molecule has 4 saturated heterocycles. The molecule has 4 aliphatic heterocycles. The summed E-state index contributed by atoms with van der Waals surface area (Å²) in [5.74, 6) is 4.18. The number of nitrogen functional groups attached to an aromatic ring is 2. The topological polar surface area (TPSA) is 169 Å². The molecule has 4 N–H and O–H groups in total. The number of pyridine rings is 2. The molecule has 0 atom stereocenters. The van der Waals surface area contributed by atoms with Gasteiger partial charge in [0.2, 0.25) is 11.8 Å². The molecule has 0 radical (unpaired) electrons. The van der Waals surface area contributed by atoms with Gasteiger partial charge in [-0.3, -0.25) is 24.2 Å². The average molecular weight is 923 g/mol. The second kappa shape index (κ2) is 26.1. The van der Waals surface area contributed by atoms with Crippen molar-refractivity contribution < 1.29 is 19.2 Å². The maximum Gasteiger partial charge on any atom is 0.225 e. The Balaban J connectivity index is 0.000000201. The van der Waals surface area contributed by atoms with Gasteiger partial charge in [0.05, 0.1) is 5.69 Å². The molecule has 3 aromatic heterocycles. The number of ketones is 1. The van der Waals surface area contributed by atoms with Crippen molar-refractivity contribution in [2.45, 2.75) is 124 Å². The van der Waals surface area contributed by atoms with Gasteiger partial charge in [-0.1, -0.05) is 51.6 Å². The van der Waals surface area contributed by atoms with Gasteiger partial charge in [0.15, 0.2) is 0 Å². The fraction of sp³-hybridized carbons (Fsp3) is 0.660. The number of carbonyl (C=O) groups excluding carboxylic acids is 3. The normalized spacial score (nSPS) is 20.2. The smallest absolute Gasteiger partial charge is 0.225 e. The third kappa shape index (κ3) is 15.3. The number of carbonyl (C=O) groups is 3. The van der Waals surface area contributed by atoms with Gasteiger partial charge in [-0.05, 0) is 144 Å². The van der Waals surface area contributed by atoms with Crippen molar-refractivity contribution >= 4 is 34.9 Å². The number of rotatable bonds is 12. The van der Waals surface area contributed by atoms with Crippen LogP contribution >= 0.6 is 0 Å². The van der Waals surface area contributed by atoms with Crippen LogP contribution in [0.5, 0.6) is 0 Å². The molecule has 0 spiro atoms. The first kappa shape index (κ1) is 51.6. The Morgan fingerprint density at radius 1 is 0.657 bits per heavy atom.